The molecule has 0 saturated heterocycles. The number of carbonyl (C=O) groups excluding carboxylic acids is 2. The second-order valence-corrected chi connectivity index (χ2v) is 6.47. The standard InChI is InChI=1S/C19H15Cl2N3O2/c1-12(25)24(17-6-2-4-13-5-3-9-22-19(13)17)11-18(26)23-16-8-7-14(20)10-15(16)21/h2-10H,11H2,1H3,(H,23,26). The average molecular weight is 388 g/mol. The van der Waals surface area contributed by atoms with E-state index in [0.29, 0.717) is 26.9 Å². The second kappa shape index (κ2) is 7.72. The van der Waals surface area contributed by atoms with Gasteiger partial charge >= 0.3 is 0 Å². The molecule has 0 fully saturated rings. The number of amides is 2. The Bertz CT molecular complexity index is 986. The number of hydrogen-bond donors (Lipinski definition) is 1. The Morgan fingerprint density at radius 1 is 1.12 bits per heavy atom. The number of pyridine rings is 1. The van der Waals surface area contributed by atoms with Crippen LogP contribution in [0.3, 0.4) is 0 Å². The smallest absolute Gasteiger partial charge is 0.244 e. The van der Waals surface area contributed by atoms with Gasteiger partial charge in [0, 0.05) is 23.5 Å². The number of fused-ring (bicyclic) bond motifs is 1. The third kappa shape index (κ3) is 3.95. The summed E-state index contributed by atoms with van der Waals surface area (Å²) in [6.45, 7) is 1.24. The van der Waals surface area contributed by atoms with E-state index < -0.39 is 0 Å². The molecule has 0 aliphatic rings. The van der Waals surface area contributed by atoms with Crippen LogP contribution >= 0.6 is 23.2 Å². The number of para-hydroxylation sites is 1. The molecule has 0 aliphatic heterocycles. The summed E-state index contributed by atoms with van der Waals surface area (Å²) in [5.74, 6) is -0.641. The van der Waals surface area contributed by atoms with Gasteiger partial charge in [-0.15, -0.1) is 0 Å². The fraction of sp³-hybridized carbons (Fsp3) is 0.105. The van der Waals surface area contributed by atoms with Crippen molar-refractivity contribution in [1.29, 1.82) is 0 Å². The zero-order chi connectivity index (χ0) is 18.7. The first-order chi connectivity index (χ1) is 12.5. The Morgan fingerprint density at radius 3 is 2.62 bits per heavy atom. The Balaban J connectivity index is 1.86. The molecular weight excluding hydrogens is 373 g/mol. The van der Waals surface area contributed by atoms with Crippen LogP contribution in [0.1, 0.15) is 6.92 Å². The number of benzene rings is 2. The van der Waals surface area contributed by atoms with Crippen LogP contribution in [0.2, 0.25) is 10.0 Å². The Labute approximate surface area is 160 Å². The molecule has 0 aliphatic carbocycles. The quantitative estimate of drug-likeness (QED) is 0.714. The maximum atomic E-state index is 12.5. The van der Waals surface area contributed by atoms with Gasteiger partial charge in [-0.2, -0.15) is 0 Å². The van der Waals surface area contributed by atoms with E-state index in [1.54, 1.807) is 24.4 Å². The molecule has 132 valence electrons. The molecule has 0 unspecified atom stereocenters. The fourth-order valence-electron chi connectivity index (χ4n) is 2.60. The normalized spacial score (nSPS) is 10.6. The maximum absolute atomic E-state index is 12.5. The number of anilines is 2. The third-order valence-corrected chi connectivity index (χ3v) is 4.34. The van der Waals surface area contributed by atoms with Gasteiger partial charge in [0.1, 0.15) is 6.54 Å². The zero-order valence-corrected chi connectivity index (χ0v) is 15.4. The molecule has 1 heterocycles. The molecule has 26 heavy (non-hydrogen) atoms. The van der Waals surface area contributed by atoms with Crippen molar-refractivity contribution in [2.24, 2.45) is 0 Å². The minimum Gasteiger partial charge on any atom is -0.323 e. The fourth-order valence-corrected chi connectivity index (χ4v) is 3.05. The van der Waals surface area contributed by atoms with E-state index in [0.717, 1.165) is 5.39 Å². The molecular formula is C19H15Cl2N3O2. The van der Waals surface area contributed by atoms with Crippen LogP contribution in [0.25, 0.3) is 10.9 Å². The molecule has 3 aromatic rings. The van der Waals surface area contributed by atoms with Gasteiger partial charge in [0.25, 0.3) is 0 Å². The molecule has 2 aromatic carbocycles. The number of rotatable bonds is 4. The van der Waals surface area contributed by atoms with E-state index in [9.17, 15) is 9.59 Å². The predicted octanol–water partition coefficient (Wildman–Crippen LogP) is 4.53. The van der Waals surface area contributed by atoms with Crippen LogP contribution in [0.15, 0.2) is 54.7 Å². The first-order valence-electron chi connectivity index (χ1n) is 7.82. The largest absolute Gasteiger partial charge is 0.323 e. The summed E-state index contributed by atoms with van der Waals surface area (Å²) in [7, 11) is 0. The molecule has 2 amide bonds. The van der Waals surface area contributed by atoms with Crippen molar-refractivity contribution < 1.29 is 9.59 Å². The third-order valence-electron chi connectivity index (χ3n) is 3.79. The van der Waals surface area contributed by atoms with Gasteiger partial charge in [0.15, 0.2) is 0 Å². The number of hydrogen-bond acceptors (Lipinski definition) is 3. The van der Waals surface area contributed by atoms with Gasteiger partial charge in [0.05, 0.1) is 21.9 Å². The van der Waals surface area contributed by atoms with Crippen LogP contribution in [0.5, 0.6) is 0 Å². The average Bonchev–Trinajstić information content (AvgIpc) is 2.61. The molecule has 0 spiro atoms. The van der Waals surface area contributed by atoms with Gasteiger partial charge in [-0.1, -0.05) is 41.4 Å². The van der Waals surface area contributed by atoms with Crippen LogP contribution in [-0.2, 0) is 9.59 Å². The van der Waals surface area contributed by atoms with Crippen molar-refractivity contribution in [1.82, 2.24) is 4.98 Å². The van der Waals surface area contributed by atoms with Crippen molar-refractivity contribution >= 4 is 57.3 Å². The maximum Gasteiger partial charge on any atom is 0.244 e. The van der Waals surface area contributed by atoms with Crippen LogP contribution < -0.4 is 10.2 Å². The highest BCUT2D eigenvalue weighted by molar-refractivity contribution is 6.36. The lowest BCUT2D eigenvalue weighted by Gasteiger charge is -2.22. The molecule has 1 N–H and O–H groups in total. The molecule has 7 heteroatoms. The molecule has 5 nitrogen and oxygen atoms in total. The van der Waals surface area contributed by atoms with Gasteiger partial charge in [0.2, 0.25) is 11.8 Å². The van der Waals surface area contributed by atoms with Crippen LogP contribution in [0.4, 0.5) is 11.4 Å². The Hall–Kier alpha value is -2.63. The summed E-state index contributed by atoms with van der Waals surface area (Å²) in [5.41, 5.74) is 1.66. The topological polar surface area (TPSA) is 62.3 Å². The van der Waals surface area contributed by atoms with Crippen LogP contribution in [-0.4, -0.2) is 23.3 Å². The second-order valence-electron chi connectivity index (χ2n) is 5.63. The Kier molecular flexibility index (Phi) is 5.40. The van der Waals surface area contributed by atoms with Gasteiger partial charge < -0.3 is 10.2 Å². The minimum absolute atomic E-state index is 0.163. The highest BCUT2D eigenvalue weighted by Gasteiger charge is 2.19. The summed E-state index contributed by atoms with van der Waals surface area (Å²) in [6.07, 6.45) is 1.65. The van der Waals surface area contributed by atoms with E-state index in [1.165, 1.54) is 17.9 Å². The highest BCUT2D eigenvalue weighted by atomic mass is 35.5. The van der Waals surface area contributed by atoms with Crippen molar-refractivity contribution in [3.05, 3.63) is 64.8 Å². The first kappa shape index (κ1) is 18.2. The van der Waals surface area contributed by atoms with E-state index >= 15 is 0 Å². The molecule has 0 bridgehead atoms. The van der Waals surface area contributed by atoms with Crippen molar-refractivity contribution in [2.75, 3.05) is 16.8 Å². The van der Waals surface area contributed by atoms with Crippen molar-refractivity contribution in [3.63, 3.8) is 0 Å². The van der Waals surface area contributed by atoms with Crippen molar-refractivity contribution in [3.8, 4) is 0 Å². The summed E-state index contributed by atoms with van der Waals surface area (Å²) in [4.78, 5) is 30.3. The molecule has 3 rings (SSSR count). The molecule has 1 aromatic heterocycles. The van der Waals surface area contributed by atoms with Gasteiger partial charge in [-0.25, -0.2) is 0 Å². The van der Waals surface area contributed by atoms with Crippen molar-refractivity contribution in [2.45, 2.75) is 6.92 Å². The number of aromatic nitrogens is 1. The lowest BCUT2D eigenvalue weighted by Crippen LogP contribution is -2.36. The predicted molar refractivity (Wildman–Crippen MR) is 105 cm³/mol. The zero-order valence-electron chi connectivity index (χ0n) is 13.9. The van der Waals surface area contributed by atoms with E-state index in [-0.39, 0.29) is 18.4 Å². The number of nitrogens with zero attached hydrogens (tertiary/aromatic N) is 2. The summed E-state index contributed by atoms with van der Waals surface area (Å²) < 4.78 is 0. The summed E-state index contributed by atoms with van der Waals surface area (Å²) in [6, 6.07) is 14.0. The highest BCUT2D eigenvalue weighted by Crippen LogP contribution is 2.27. The first-order valence-corrected chi connectivity index (χ1v) is 8.58. The number of halogens is 2. The summed E-state index contributed by atoms with van der Waals surface area (Å²) in [5, 5.41) is 4.38. The lowest BCUT2D eigenvalue weighted by atomic mass is 10.1. The van der Waals surface area contributed by atoms with E-state index in [4.69, 9.17) is 23.2 Å². The van der Waals surface area contributed by atoms with Gasteiger partial charge in [-0.3, -0.25) is 14.6 Å². The lowest BCUT2D eigenvalue weighted by molar-refractivity contribution is -0.120. The SMILES string of the molecule is CC(=O)N(CC(=O)Nc1ccc(Cl)cc1Cl)c1cccc2cccnc12. The minimum atomic E-state index is -0.377. The van der Waals surface area contributed by atoms with Gasteiger partial charge in [-0.05, 0) is 30.3 Å². The number of carbonyl (C=O) groups is 2. The van der Waals surface area contributed by atoms with E-state index in [1.807, 2.05) is 24.3 Å². The molecule has 0 saturated carbocycles. The summed E-state index contributed by atoms with van der Waals surface area (Å²) >= 11 is 11.9. The monoisotopic (exact) mass is 387 g/mol. The van der Waals surface area contributed by atoms with Crippen LogP contribution in [0, 0.1) is 0 Å². The number of nitrogens with one attached hydrogen (secondary N) is 1. The Morgan fingerprint density at radius 2 is 1.88 bits per heavy atom. The molecule has 0 radical (unpaired) electrons. The van der Waals surface area contributed by atoms with E-state index in [2.05, 4.69) is 10.3 Å². The molecule has 0 atom stereocenters.